The second kappa shape index (κ2) is 7.62. The number of nitrogens with one attached hydrogen (secondary N) is 2. The average Bonchev–Trinajstić information content (AvgIpc) is 2.36. The van der Waals surface area contributed by atoms with Gasteiger partial charge < -0.3 is 15.8 Å². The number of anilines is 1. The zero-order valence-corrected chi connectivity index (χ0v) is 11.4. The van der Waals surface area contributed by atoms with Crippen LogP contribution in [0.1, 0.15) is 12.5 Å². The molecule has 0 bridgehead atoms. The molecule has 0 amide bonds. The fraction of sp³-hybridized carbons (Fsp3) is 0.333. The Balaban J connectivity index is 2.49. The van der Waals surface area contributed by atoms with Gasteiger partial charge in [-0.05, 0) is 36.8 Å². The zero-order valence-electron chi connectivity index (χ0n) is 10.6. The topological polar surface area (TPSA) is 71.7 Å². The first-order valence-corrected chi connectivity index (χ1v) is 5.97. The van der Waals surface area contributed by atoms with Crippen LogP contribution in [-0.2, 0) is 4.74 Å². The van der Waals surface area contributed by atoms with Crippen molar-refractivity contribution in [1.29, 1.82) is 0 Å². The minimum Gasteiger partial charge on any atom is -0.399 e. The normalized spacial score (nSPS) is 11.1. The number of methoxy groups -OCH3 is 1. The van der Waals surface area contributed by atoms with Gasteiger partial charge in [0.1, 0.15) is 0 Å². The van der Waals surface area contributed by atoms with Crippen molar-refractivity contribution in [3.63, 3.8) is 0 Å². The van der Waals surface area contributed by atoms with Gasteiger partial charge in [-0.2, -0.15) is 5.10 Å². The van der Waals surface area contributed by atoms with E-state index in [4.69, 9.17) is 22.7 Å². The molecule has 0 aliphatic heterocycles. The second-order valence-electron chi connectivity index (χ2n) is 3.68. The number of benzene rings is 1. The van der Waals surface area contributed by atoms with Gasteiger partial charge in [0.05, 0.1) is 12.3 Å². The molecule has 0 aliphatic rings. The van der Waals surface area contributed by atoms with E-state index in [1.807, 2.05) is 31.2 Å². The Morgan fingerprint density at radius 1 is 1.50 bits per heavy atom. The van der Waals surface area contributed by atoms with Crippen molar-refractivity contribution in [2.24, 2.45) is 5.10 Å². The molecule has 6 heteroatoms. The van der Waals surface area contributed by atoms with Crippen molar-refractivity contribution in [2.75, 3.05) is 26.0 Å². The van der Waals surface area contributed by atoms with Gasteiger partial charge in [0, 0.05) is 19.3 Å². The maximum absolute atomic E-state index is 5.71. The summed E-state index contributed by atoms with van der Waals surface area (Å²) < 4.78 is 4.90. The molecule has 1 aromatic carbocycles. The number of nitrogens with two attached hydrogens (primary N) is 1. The summed E-state index contributed by atoms with van der Waals surface area (Å²) in [6.45, 7) is 3.13. The Morgan fingerprint density at radius 3 is 2.94 bits per heavy atom. The highest BCUT2D eigenvalue weighted by Crippen LogP contribution is 2.07. The Labute approximate surface area is 112 Å². The van der Waals surface area contributed by atoms with Crippen molar-refractivity contribution in [2.45, 2.75) is 6.92 Å². The van der Waals surface area contributed by atoms with Crippen molar-refractivity contribution < 1.29 is 4.74 Å². The number of hydrogen-bond acceptors (Lipinski definition) is 4. The predicted molar refractivity (Wildman–Crippen MR) is 78.7 cm³/mol. The molecule has 1 rings (SSSR count). The lowest BCUT2D eigenvalue weighted by molar-refractivity contribution is 0.204. The van der Waals surface area contributed by atoms with Gasteiger partial charge in [-0.25, -0.2) is 0 Å². The summed E-state index contributed by atoms with van der Waals surface area (Å²) in [6.07, 6.45) is 0. The molecular weight excluding hydrogens is 248 g/mol. The van der Waals surface area contributed by atoms with Crippen LogP contribution in [0.5, 0.6) is 0 Å². The van der Waals surface area contributed by atoms with E-state index in [-0.39, 0.29) is 0 Å². The highest BCUT2D eigenvalue weighted by Gasteiger charge is 1.98. The molecule has 0 saturated carbocycles. The van der Waals surface area contributed by atoms with Crippen molar-refractivity contribution in [1.82, 2.24) is 10.7 Å². The number of nitrogen functional groups attached to an aromatic ring is 1. The van der Waals surface area contributed by atoms with E-state index in [1.54, 1.807) is 7.11 Å². The smallest absolute Gasteiger partial charge is 0.187 e. The van der Waals surface area contributed by atoms with Gasteiger partial charge in [-0.3, -0.25) is 5.43 Å². The Hall–Kier alpha value is -1.66. The molecule has 0 saturated heterocycles. The molecular formula is C12H18N4OS. The van der Waals surface area contributed by atoms with Crippen LogP contribution in [0.2, 0.25) is 0 Å². The molecule has 0 aromatic heterocycles. The van der Waals surface area contributed by atoms with Crippen LogP contribution < -0.4 is 16.5 Å². The molecule has 0 spiro atoms. The Morgan fingerprint density at radius 2 is 2.28 bits per heavy atom. The van der Waals surface area contributed by atoms with Crippen LogP contribution in [0.25, 0.3) is 0 Å². The third kappa shape index (κ3) is 5.11. The monoisotopic (exact) mass is 266 g/mol. The summed E-state index contributed by atoms with van der Waals surface area (Å²) in [7, 11) is 1.64. The van der Waals surface area contributed by atoms with Crippen molar-refractivity contribution in [3.8, 4) is 0 Å². The molecule has 0 radical (unpaired) electrons. The highest BCUT2D eigenvalue weighted by atomic mass is 32.1. The van der Waals surface area contributed by atoms with Gasteiger partial charge in [0.2, 0.25) is 0 Å². The fourth-order valence-corrected chi connectivity index (χ4v) is 1.42. The summed E-state index contributed by atoms with van der Waals surface area (Å²) in [5.74, 6) is 0. The minimum absolute atomic E-state index is 0.468. The largest absolute Gasteiger partial charge is 0.399 e. The first kappa shape index (κ1) is 14.4. The Kier molecular flexibility index (Phi) is 6.10. The van der Waals surface area contributed by atoms with Crippen LogP contribution in [0.15, 0.2) is 29.4 Å². The molecule has 0 heterocycles. The molecule has 0 unspecified atom stereocenters. The predicted octanol–water partition coefficient (Wildman–Crippen LogP) is 1.10. The van der Waals surface area contributed by atoms with Gasteiger partial charge in [-0.15, -0.1) is 0 Å². The SMILES string of the molecule is COCCNC(=S)NN=C(C)c1cccc(N)c1. The molecule has 0 aliphatic carbocycles. The maximum atomic E-state index is 5.71. The molecule has 5 nitrogen and oxygen atoms in total. The van der Waals surface area contributed by atoms with Gasteiger partial charge in [0.15, 0.2) is 5.11 Å². The minimum atomic E-state index is 0.468. The number of hydrogen-bond donors (Lipinski definition) is 3. The standard InChI is InChI=1S/C12H18N4OS/c1-9(10-4-3-5-11(13)8-10)15-16-12(18)14-6-7-17-2/h3-5,8H,6-7,13H2,1-2H3,(H2,14,16,18). The molecule has 18 heavy (non-hydrogen) atoms. The molecule has 1 aromatic rings. The summed E-state index contributed by atoms with van der Waals surface area (Å²) in [5, 5.41) is 7.61. The van der Waals surface area contributed by atoms with Crippen molar-refractivity contribution in [3.05, 3.63) is 29.8 Å². The summed E-state index contributed by atoms with van der Waals surface area (Å²) >= 11 is 5.05. The lowest BCUT2D eigenvalue weighted by atomic mass is 10.1. The van der Waals surface area contributed by atoms with Gasteiger partial charge in [0.25, 0.3) is 0 Å². The number of nitrogens with zero attached hydrogens (tertiary/aromatic N) is 1. The highest BCUT2D eigenvalue weighted by molar-refractivity contribution is 7.80. The third-order valence-corrected chi connectivity index (χ3v) is 2.46. The van der Waals surface area contributed by atoms with E-state index in [1.165, 1.54) is 0 Å². The van der Waals surface area contributed by atoms with Crippen LogP contribution in [0.4, 0.5) is 5.69 Å². The fourth-order valence-electron chi connectivity index (χ4n) is 1.27. The van der Waals surface area contributed by atoms with E-state index in [0.717, 1.165) is 11.3 Å². The maximum Gasteiger partial charge on any atom is 0.187 e. The quantitative estimate of drug-likeness (QED) is 0.245. The van der Waals surface area contributed by atoms with Gasteiger partial charge >= 0.3 is 0 Å². The van der Waals surface area contributed by atoms with E-state index >= 15 is 0 Å². The van der Waals surface area contributed by atoms with Crippen molar-refractivity contribution >= 4 is 28.7 Å². The number of ether oxygens (including phenoxy) is 1. The van der Waals surface area contributed by atoms with Crippen LogP contribution in [0, 0.1) is 0 Å². The first-order chi connectivity index (χ1) is 8.63. The van der Waals surface area contributed by atoms with E-state index in [2.05, 4.69) is 15.8 Å². The van der Waals surface area contributed by atoms with Crippen LogP contribution in [0.3, 0.4) is 0 Å². The average molecular weight is 266 g/mol. The number of thiocarbonyl (C=S) groups is 1. The molecule has 4 N–H and O–H groups in total. The van der Waals surface area contributed by atoms with E-state index < -0.39 is 0 Å². The third-order valence-electron chi connectivity index (χ3n) is 2.22. The van der Waals surface area contributed by atoms with E-state index in [9.17, 15) is 0 Å². The first-order valence-electron chi connectivity index (χ1n) is 5.56. The van der Waals surface area contributed by atoms with Gasteiger partial charge in [-0.1, -0.05) is 12.1 Å². The number of rotatable bonds is 5. The zero-order chi connectivity index (χ0) is 13.4. The summed E-state index contributed by atoms with van der Waals surface area (Å²) in [6, 6.07) is 7.53. The van der Waals surface area contributed by atoms with Crippen LogP contribution in [-0.4, -0.2) is 31.1 Å². The lowest BCUT2D eigenvalue weighted by Gasteiger charge is -2.07. The van der Waals surface area contributed by atoms with E-state index in [0.29, 0.717) is 24.0 Å². The summed E-state index contributed by atoms with van der Waals surface area (Å²) in [5.41, 5.74) is 11.0. The Bertz CT molecular complexity index is 434. The summed E-state index contributed by atoms with van der Waals surface area (Å²) in [4.78, 5) is 0. The molecule has 98 valence electrons. The second-order valence-corrected chi connectivity index (χ2v) is 4.09. The number of hydrazone groups is 1. The lowest BCUT2D eigenvalue weighted by Crippen LogP contribution is -2.34. The molecule has 0 fully saturated rings. The molecule has 0 atom stereocenters. The van der Waals surface area contributed by atoms with Crippen LogP contribution >= 0.6 is 12.2 Å².